The smallest absolute Gasteiger partial charge is 0.273 e. The lowest BCUT2D eigenvalue weighted by Gasteiger charge is -2.16. The Morgan fingerprint density at radius 3 is 2.85 bits per heavy atom. The molecule has 1 amide bonds. The van der Waals surface area contributed by atoms with E-state index in [-0.39, 0.29) is 17.6 Å². The number of benzene rings is 1. The Balaban J connectivity index is 1.48. The van der Waals surface area contributed by atoms with Gasteiger partial charge in [-0.25, -0.2) is 9.97 Å². The first kappa shape index (κ1) is 17.0. The third-order valence-corrected chi connectivity index (χ3v) is 4.44. The van der Waals surface area contributed by atoms with Crippen LogP contribution < -0.4 is 5.32 Å². The fraction of sp³-hybridized carbons (Fsp3) is 0.200. The zero-order chi connectivity index (χ0) is 18.6. The molecular weight excluding hydrogens is 342 g/mol. The van der Waals surface area contributed by atoms with Crippen molar-refractivity contribution in [3.05, 3.63) is 78.5 Å². The Labute approximate surface area is 156 Å². The molecule has 0 bridgehead atoms. The van der Waals surface area contributed by atoms with Crippen molar-refractivity contribution in [2.45, 2.75) is 25.9 Å². The summed E-state index contributed by atoms with van der Waals surface area (Å²) in [6.45, 7) is 2.43. The van der Waals surface area contributed by atoms with Crippen LogP contribution in [0.2, 0.25) is 0 Å². The highest BCUT2D eigenvalue weighted by molar-refractivity contribution is 5.92. The van der Waals surface area contributed by atoms with Gasteiger partial charge in [-0.1, -0.05) is 19.1 Å². The zero-order valence-corrected chi connectivity index (χ0v) is 14.9. The van der Waals surface area contributed by atoms with E-state index in [0.717, 1.165) is 23.0 Å². The number of hydrogen-bond donors (Lipinski definition) is 1. The maximum Gasteiger partial charge on any atom is 0.273 e. The van der Waals surface area contributed by atoms with E-state index in [4.69, 9.17) is 4.42 Å². The van der Waals surface area contributed by atoms with Crippen molar-refractivity contribution in [1.82, 2.24) is 24.8 Å². The summed E-state index contributed by atoms with van der Waals surface area (Å²) in [7, 11) is 0. The molecule has 4 rings (SSSR count). The number of pyridine rings is 1. The average molecular weight is 361 g/mol. The fourth-order valence-electron chi connectivity index (χ4n) is 3.02. The van der Waals surface area contributed by atoms with Crippen molar-refractivity contribution >= 4 is 16.9 Å². The Bertz CT molecular complexity index is 1050. The van der Waals surface area contributed by atoms with Gasteiger partial charge in [0.15, 0.2) is 5.69 Å². The summed E-state index contributed by atoms with van der Waals surface area (Å²) < 4.78 is 7.44. The average Bonchev–Trinajstić information content (AvgIpc) is 3.35. The molecule has 4 aromatic rings. The van der Waals surface area contributed by atoms with Gasteiger partial charge in [0.05, 0.1) is 23.4 Å². The van der Waals surface area contributed by atoms with Crippen LogP contribution in [0.1, 0.15) is 41.3 Å². The number of carbonyl (C=O) groups excluding carboxylic acids is 1. The summed E-state index contributed by atoms with van der Waals surface area (Å²) in [6.07, 6.45) is 7.33. The first-order valence-electron chi connectivity index (χ1n) is 8.79. The zero-order valence-electron chi connectivity index (χ0n) is 14.9. The summed E-state index contributed by atoms with van der Waals surface area (Å²) in [5.41, 5.74) is 3.17. The van der Waals surface area contributed by atoms with Crippen LogP contribution in [0.5, 0.6) is 0 Å². The second kappa shape index (κ2) is 7.41. The van der Waals surface area contributed by atoms with Crippen LogP contribution in [0.15, 0.2) is 65.8 Å². The number of aromatic nitrogens is 4. The van der Waals surface area contributed by atoms with E-state index < -0.39 is 0 Å². The summed E-state index contributed by atoms with van der Waals surface area (Å²) in [5.74, 6) is 0.199. The Morgan fingerprint density at radius 1 is 1.22 bits per heavy atom. The Morgan fingerprint density at radius 2 is 2.04 bits per heavy atom. The summed E-state index contributed by atoms with van der Waals surface area (Å²) in [6, 6.07) is 11.5. The summed E-state index contributed by atoms with van der Waals surface area (Å²) in [5, 5.41) is 2.99. The molecular formula is C20H19N5O2. The lowest BCUT2D eigenvalue weighted by Crippen LogP contribution is -2.28. The predicted octanol–water partition coefficient (Wildman–Crippen LogP) is 3.35. The molecule has 0 aliphatic heterocycles. The van der Waals surface area contributed by atoms with Crippen molar-refractivity contribution < 1.29 is 9.21 Å². The number of rotatable bonds is 6. The van der Waals surface area contributed by atoms with Gasteiger partial charge < -0.3 is 14.3 Å². The highest BCUT2D eigenvalue weighted by Crippen LogP contribution is 2.17. The quantitative estimate of drug-likeness (QED) is 0.569. The normalized spacial score (nSPS) is 12.2. The molecule has 0 aliphatic rings. The van der Waals surface area contributed by atoms with Crippen LogP contribution in [0.3, 0.4) is 0 Å². The number of hydrogen-bond acceptors (Lipinski definition) is 5. The maximum atomic E-state index is 12.5. The number of imidazole rings is 1. The Kier molecular flexibility index (Phi) is 4.65. The minimum Gasteiger partial charge on any atom is -0.446 e. The van der Waals surface area contributed by atoms with Gasteiger partial charge >= 0.3 is 0 Å². The molecule has 7 nitrogen and oxygen atoms in total. The van der Waals surface area contributed by atoms with Crippen molar-refractivity contribution in [2.24, 2.45) is 0 Å². The van der Waals surface area contributed by atoms with E-state index in [0.29, 0.717) is 12.4 Å². The van der Waals surface area contributed by atoms with Gasteiger partial charge in [0, 0.05) is 12.4 Å². The number of nitrogens with zero attached hydrogens (tertiary/aromatic N) is 4. The monoisotopic (exact) mass is 361 g/mol. The second-order valence-corrected chi connectivity index (χ2v) is 6.20. The molecule has 3 aromatic heterocycles. The first-order valence-corrected chi connectivity index (χ1v) is 8.79. The minimum atomic E-state index is -0.260. The molecule has 0 unspecified atom stereocenters. The molecule has 0 spiro atoms. The SMILES string of the molecule is CC[C@H](NC(=O)c1coc(Cn2cnc3ccccc32)n1)c1ccncc1. The van der Waals surface area contributed by atoms with Gasteiger partial charge in [-0.05, 0) is 36.2 Å². The van der Waals surface area contributed by atoms with E-state index in [1.807, 2.05) is 47.9 Å². The highest BCUT2D eigenvalue weighted by Gasteiger charge is 2.18. The van der Waals surface area contributed by atoms with Crippen LogP contribution >= 0.6 is 0 Å². The number of nitrogens with one attached hydrogen (secondary N) is 1. The van der Waals surface area contributed by atoms with Gasteiger partial charge in [0.1, 0.15) is 12.8 Å². The van der Waals surface area contributed by atoms with Crippen molar-refractivity contribution in [2.75, 3.05) is 0 Å². The molecule has 3 heterocycles. The molecule has 0 saturated carbocycles. The van der Waals surface area contributed by atoms with Crippen LogP contribution in [0.25, 0.3) is 11.0 Å². The topological polar surface area (TPSA) is 85.8 Å². The predicted molar refractivity (Wildman–Crippen MR) is 100 cm³/mol. The van der Waals surface area contributed by atoms with Crippen molar-refractivity contribution in [3.8, 4) is 0 Å². The van der Waals surface area contributed by atoms with Gasteiger partial charge in [-0.3, -0.25) is 9.78 Å². The van der Waals surface area contributed by atoms with Gasteiger partial charge in [0.25, 0.3) is 5.91 Å². The number of para-hydroxylation sites is 2. The third-order valence-electron chi connectivity index (χ3n) is 4.44. The molecule has 27 heavy (non-hydrogen) atoms. The van der Waals surface area contributed by atoms with Crippen LogP contribution in [0.4, 0.5) is 0 Å². The first-order chi connectivity index (χ1) is 13.2. The second-order valence-electron chi connectivity index (χ2n) is 6.20. The van der Waals surface area contributed by atoms with Crippen molar-refractivity contribution in [3.63, 3.8) is 0 Å². The van der Waals surface area contributed by atoms with E-state index in [2.05, 4.69) is 20.3 Å². The molecule has 0 radical (unpaired) electrons. The van der Waals surface area contributed by atoms with Gasteiger partial charge in [-0.2, -0.15) is 0 Å². The molecule has 1 N–H and O–H groups in total. The van der Waals surface area contributed by atoms with E-state index in [1.54, 1.807) is 18.7 Å². The number of oxazole rings is 1. The standard InChI is InChI=1S/C20H19N5O2/c1-2-15(14-7-9-21-10-8-14)24-20(26)17-12-27-19(23-17)11-25-13-22-16-5-3-4-6-18(16)25/h3-10,12-13,15H,2,11H2,1H3,(H,24,26)/t15-/m0/s1. The van der Waals surface area contributed by atoms with Gasteiger partial charge in [-0.15, -0.1) is 0 Å². The minimum absolute atomic E-state index is 0.0988. The molecule has 136 valence electrons. The molecule has 1 atom stereocenters. The van der Waals surface area contributed by atoms with E-state index >= 15 is 0 Å². The lowest BCUT2D eigenvalue weighted by atomic mass is 10.1. The molecule has 1 aromatic carbocycles. The van der Waals surface area contributed by atoms with Crippen LogP contribution in [-0.4, -0.2) is 25.4 Å². The van der Waals surface area contributed by atoms with E-state index in [1.165, 1.54) is 6.26 Å². The molecule has 0 saturated heterocycles. The number of amides is 1. The maximum absolute atomic E-state index is 12.5. The van der Waals surface area contributed by atoms with Crippen LogP contribution in [0, 0.1) is 0 Å². The molecule has 0 aliphatic carbocycles. The van der Waals surface area contributed by atoms with E-state index in [9.17, 15) is 4.79 Å². The Hall–Kier alpha value is -3.48. The largest absolute Gasteiger partial charge is 0.446 e. The third kappa shape index (κ3) is 3.57. The number of carbonyl (C=O) groups is 1. The summed E-state index contributed by atoms with van der Waals surface area (Å²) in [4.78, 5) is 25.2. The fourth-order valence-corrected chi connectivity index (χ4v) is 3.02. The van der Waals surface area contributed by atoms with Crippen LogP contribution in [-0.2, 0) is 6.54 Å². The molecule has 7 heteroatoms. The molecule has 0 fully saturated rings. The van der Waals surface area contributed by atoms with Gasteiger partial charge in [0.2, 0.25) is 5.89 Å². The van der Waals surface area contributed by atoms with Crippen molar-refractivity contribution in [1.29, 1.82) is 0 Å². The highest BCUT2D eigenvalue weighted by atomic mass is 16.3. The number of fused-ring (bicyclic) bond motifs is 1. The lowest BCUT2D eigenvalue weighted by molar-refractivity contribution is 0.0930. The summed E-state index contributed by atoms with van der Waals surface area (Å²) >= 11 is 0.